The highest BCUT2D eigenvalue weighted by Crippen LogP contribution is 2.47. The number of carbonyl (C=O) groups is 2. The molecule has 0 spiro atoms. The summed E-state index contributed by atoms with van der Waals surface area (Å²) in [6.45, 7) is 5.88. The summed E-state index contributed by atoms with van der Waals surface area (Å²) >= 11 is 0. The first-order valence-corrected chi connectivity index (χ1v) is 12.6. The lowest BCUT2D eigenvalue weighted by molar-refractivity contribution is -0.384. The van der Waals surface area contributed by atoms with E-state index < -0.39 is 16.8 Å². The van der Waals surface area contributed by atoms with Crippen molar-refractivity contribution < 1.29 is 28.7 Å². The molecule has 2 aromatic rings. The lowest BCUT2D eigenvalue weighted by Gasteiger charge is -2.37. The number of dihydropyridines is 1. The van der Waals surface area contributed by atoms with E-state index in [0.717, 1.165) is 17.0 Å². The van der Waals surface area contributed by atoms with Crippen molar-refractivity contribution in [1.82, 2.24) is 5.32 Å². The van der Waals surface area contributed by atoms with E-state index in [9.17, 15) is 19.7 Å². The average Bonchev–Trinajstić information content (AvgIpc) is 2.90. The number of nitrogens with one attached hydrogen (secondary N) is 1. The van der Waals surface area contributed by atoms with Gasteiger partial charge in [-0.1, -0.05) is 30.3 Å². The molecule has 0 fully saturated rings. The summed E-state index contributed by atoms with van der Waals surface area (Å²) in [5, 5.41) is 14.5. The van der Waals surface area contributed by atoms with E-state index in [1.54, 1.807) is 26.2 Å². The maximum atomic E-state index is 13.7. The monoisotopic (exact) mass is 520 g/mol. The molecule has 200 valence electrons. The first-order valence-electron chi connectivity index (χ1n) is 12.6. The van der Waals surface area contributed by atoms with E-state index in [-0.39, 0.29) is 43.1 Å². The van der Waals surface area contributed by atoms with Gasteiger partial charge in [0.2, 0.25) is 0 Å². The van der Waals surface area contributed by atoms with Gasteiger partial charge in [0.25, 0.3) is 5.69 Å². The molecule has 0 aromatic heterocycles. The molecule has 4 rings (SSSR count). The van der Waals surface area contributed by atoms with Crippen LogP contribution in [0.15, 0.2) is 71.1 Å². The minimum absolute atomic E-state index is 0.00242. The predicted octanol–water partition coefficient (Wildman–Crippen LogP) is 4.93. The van der Waals surface area contributed by atoms with Gasteiger partial charge in [-0.05, 0) is 44.4 Å². The van der Waals surface area contributed by atoms with Gasteiger partial charge in [0.1, 0.15) is 12.4 Å². The summed E-state index contributed by atoms with van der Waals surface area (Å²) in [6, 6.07) is 13.6. The highest BCUT2D eigenvalue weighted by atomic mass is 16.6. The van der Waals surface area contributed by atoms with Crippen LogP contribution in [0.4, 0.5) is 5.69 Å². The van der Waals surface area contributed by atoms with Gasteiger partial charge < -0.3 is 19.5 Å². The molecule has 0 saturated heterocycles. The molecular formula is C29H32N2O7. The highest BCUT2D eigenvalue weighted by Gasteiger charge is 2.42. The van der Waals surface area contributed by atoms with Crippen LogP contribution in [0.25, 0.3) is 0 Å². The van der Waals surface area contributed by atoms with Gasteiger partial charge in [0, 0.05) is 47.4 Å². The van der Waals surface area contributed by atoms with Gasteiger partial charge in [-0.25, -0.2) is 4.79 Å². The Hall–Kier alpha value is -3.98. The number of non-ortho nitro benzene ring substituents is 1. The topological polar surface area (TPSA) is 117 Å². The fourth-order valence-electron chi connectivity index (χ4n) is 5.15. The number of para-hydroxylation sites is 1. The first-order chi connectivity index (χ1) is 18.2. The Bertz CT molecular complexity index is 1290. The predicted molar refractivity (Wildman–Crippen MR) is 141 cm³/mol. The molecule has 0 amide bonds. The Balaban J connectivity index is 1.72. The van der Waals surface area contributed by atoms with Crippen molar-refractivity contribution in [1.29, 1.82) is 0 Å². The summed E-state index contributed by atoms with van der Waals surface area (Å²) < 4.78 is 16.6. The average molecular weight is 521 g/mol. The number of allylic oxidation sites excluding steroid dienone is 3. The number of esters is 1. The van der Waals surface area contributed by atoms with E-state index in [1.807, 2.05) is 38.1 Å². The normalized spacial score (nSPS) is 19.2. The number of nitro groups is 1. The third-order valence-corrected chi connectivity index (χ3v) is 6.83. The molecule has 2 aliphatic rings. The van der Waals surface area contributed by atoms with E-state index >= 15 is 0 Å². The molecule has 0 bridgehead atoms. The maximum absolute atomic E-state index is 13.7. The zero-order chi connectivity index (χ0) is 27.4. The standard InChI is InChI=1S/C29H32N2O7/c1-17(2)37-13-14-38-29(33)26-18(3)30-23-15-20(22-7-5-6-8-25(22)36-4)16-24(32)28(23)27(26)19-9-11-21(12-10-19)31(34)35/h5-12,17,20,27,30H,13-16H2,1-4H3/t20-,27-/m0/s1. The van der Waals surface area contributed by atoms with Crippen molar-refractivity contribution in [3.63, 3.8) is 0 Å². The summed E-state index contributed by atoms with van der Waals surface area (Å²) in [6.07, 6.45) is 0.795. The van der Waals surface area contributed by atoms with Crippen LogP contribution in [0, 0.1) is 10.1 Å². The highest BCUT2D eigenvalue weighted by molar-refractivity contribution is 6.04. The first kappa shape index (κ1) is 27.1. The van der Waals surface area contributed by atoms with Crippen LogP contribution in [-0.2, 0) is 19.1 Å². The third kappa shape index (κ3) is 5.62. The van der Waals surface area contributed by atoms with Crippen LogP contribution in [0.3, 0.4) is 0 Å². The fourth-order valence-corrected chi connectivity index (χ4v) is 5.15. The minimum Gasteiger partial charge on any atom is -0.496 e. The summed E-state index contributed by atoms with van der Waals surface area (Å²) in [4.78, 5) is 37.8. The molecule has 0 unspecified atom stereocenters. The number of benzene rings is 2. The zero-order valence-corrected chi connectivity index (χ0v) is 22.0. The largest absolute Gasteiger partial charge is 0.496 e. The molecule has 1 aliphatic heterocycles. The SMILES string of the molecule is COc1ccccc1[C@@H]1CC(=O)C2=C(C1)NC(C)=C(C(=O)OCCOC(C)C)[C@@H]2c1ccc([N+](=O)[O-])cc1. The van der Waals surface area contributed by atoms with Crippen LogP contribution in [-0.4, -0.2) is 43.1 Å². The van der Waals surface area contributed by atoms with Gasteiger partial charge in [0.05, 0.1) is 30.3 Å². The van der Waals surface area contributed by atoms with E-state index in [1.165, 1.54) is 12.1 Å². The van der Waals surface area contributed by atoms with Crippen LogP contribution in [0.1, 0.15) is 56.6 Å². The second kappa shape index (κ2) is 11.6. The van der Waals surface area contributed by atoms with Crippen LogP contribution < -0.4 is 10.1 Å². The van der Waals surface area contributed by atoms with Crippen LogP contribution >= 0.6 is 0 Å². The molecule has 0 radical (unpaired) electrons. The Morgan fingerprint density at radius 2 is 1.82 bits per heavy atom. The molecule has 9 heteroatoms. The number of ether oxygens (including phenoxy) is 3. The molecule has 2 aromatic carbocycles. The number of methoxy groups -OCH3 is 1. The molecule has 2 atom stereocenters. The number of carbonyl (C=O) groups excluding carboxylic acids is 2. The van der Waals surface area contributed by atoms with E-state index in [2.05, 4.69) is 5.32 Å². The molecule has 1 aliphatic carbocycles. The van der Waals surface area contributed by atoms with E-state index in [0.29, 0.717) is 28.8 Å². The smallest absolute Gasteiger partial charge is 0.336 e. The van der Waals surface area contributed by atoms with Crippen LogP contribution in [0.2, 0.25) is 0 Å². The summed E-state index contributed by atoms with van der Waals surface area (Å²) in [5.41, 5.74) is 3.60. The second-order valence-corrected chi connectivity index (χ2v) is 9.66. The summed E-state index contributed by atoms with van der Waals surface area (Å²) in [7, 11) is 1.61. The van der Waals surface area contributed by atoms with Crippen molar-refractivity contribution in [2.75, 3.05) is 20.3 Å². The van der Waals surface area contributed by atoms with Gasteiger partial charge in [0.15, 0.2) is 5.78 Å². The molecule has 0 saturated carbocycles. The van der Waals surface area contributed by atoms with Crippen molar-refractivity contribution in [3.05, 3.63) is 92.3 Å². The van der Waals surface area contributed by atoms with Crippen molar-refractivity contribution in [2.45, 2.75) is 51.6 Å². The van der Waals surface area contributed by atoms with Crippen molar-refractivity contribution in [2.24, 2.45) is 0 Å². The number of rotatable bonds is 9. The lowest BCUT2D eigenvalue weighted by atomic mass is 9.71. The number of nitrogens with zero attached hydrogens (tertiary/aromatic N) is 1. The van der Waals surface area contributed by atoms with Crippen LogP contribution in [0.5, 0.6) is 5.75 Å². The Morgan fingerprint density at radius 3 is 2.47 bits per heavy atom. The fraction of sp³-hybridized carbons (Fsp3) is 0.379. The Labute approximate surface area is 221 Å². The molecule has 1 N–H and O–H groups in total. The molecule has 1 heterocycles. The molecular weight excluding hydrogens is 488 g/mol. The number of ketones is 1. The maximum Gasteiger partial charge on any atom is 0.336 e. The van der Waals surface area contributed by atoms with Gasteiger partial charge in [-0.3, -0.25) is 14.9 Å². The lowest BCUT2D eigenvalue weighted by Crippen LogP contribution is -2.36. The number of hydrogen-bond acceptors (Lipinski definition) is 8. The van der Waals surface area contributed by atoms with Gasteiger partial charge >= 0.3 is 5.97 Å². The van der Waals surface area contributed by atoms with Crippen molar-refractivity contribution in [3.8, 4) is 5.75 Å². The van der Waals surface area contributed by atoms with Gasteiger partial charge in [-0.2, -0.15) is 0 Å². The van der Waals surface area contributed by atoms with Crippen molar-refractivity contribution >= 4 is 17.4 Å². The minimum atomic E-state index is -0.711. The van der Waals surface area contributed by atoms with Gasteiger partial charge in [-0.15, -0.1) is 0 Å². The third-order valence-electron chi connectivity index (χ3n) is 6.83. The number of nitro benzene ring substituents is 1. The molecule has 38 heavy (non-hydrogen) atoms. The quantitative estimate of drug-likeness (QED) is 0.214. The van der Waals surface area contributed by atoms with E-state index in [4.69, 9.17) is 14.2 Å². The zero-order valence-electron chi connectivity index (χ0n) is 22.0. The Morgan fingerprint density at radius 1 is 1.11 bits per heavy atom. The second-order valence-electron chi connectivity index (χ2n) is 9.66. The number of hydrogen-bond donors (Lipinski definition) is 1. The number of Topliss-reactive ketones (excluding diaryl/α,β-unsaturated/α-hetero) is 1. The molecule has 9 nitrogen and oxygen atoms in total. The Kier molecular flexibility index (Phi) is 8.26. The summed E-state index contributed by atoms with van der Waals surface area (Å²) in [5.74, 6) is -0.748.